The molecule has 4 rings (SSSR count). The number of ether oxygens (including phenoxy) is 1. The number of nitrogens with zero attached hydrogens (tertiary/aromatic N) is 3. The van der Waals surface area contributed by atoms with E-state index >= 15 is 0 Å². The fourth-order valence-corrected chi connectivity index (χ4v) is 5.38. The lowest BCUT2D eigenvalue weighted by molar-refractivity contribution is 0.0391. The van der Waals surface area contributed by atoms with Crippen molar-refractivity contribution in [3.8, 4) is 0 Å². The number of morpholine rings is 1. The predicted molar refractivity (Wildman–Crippen MR) is 131 cm³/mol. The molecular formula is C24H29N3O2S2. The molecule has 0 unspecified atom stereocenters. The van der Waals surface area contributed by atoms with Crippen molar-refractivity contribution in [2.75, 3.05) is 50.0 Å². The molecule has 2 heterocycles. The summed E-state index contributed by atoms with van der Waals surface area (Å²) in [5, 5.41) is 0.769. The van der Waals surface area contributed by atoms with Crippen molar-refractivity contribution in [3.05, 3.63) is 53.1 Å². The molecule has 0 spiro atoms. The second kappa shape index (κ2) is 10.1. The number of benzene rings is 2. The van der Waals surface area contributed by atoms with Gasteiger partial charge in [-0.2, -0.15) is 0 Å². The lowest BCUT2D eigenvalue weighted by Crippen LogP contribution is -2.43. The molecule has 1 saturated heterocycles. The van der Waals surface area contributed by atoms with Crippen molar-refractivity contribution >= 4 is 44.4 Å². The molecule has 3 aromatic rings. The molecule has 0 radical (unpaired) electrons. The van der Waals surface area contributed by atoms with E-state index < -0.39 is 0 Å². The van der Waals surface area contributed by atoms with Crippen LogP contribution in [0.1, 0.15) is 28.4 Å². The number of carbonyl (C=O) groups excluding carboxylic acids is 1. The third-order valence-electron chi connectivity index (χ3n) is 5.62. The summed E-state index contributed by atoms with van der Waals surface area (Å²) in [6.07, 6.45) is 0. The monoisotopic (exact) mass is 455 g/mol. The molecule has 2 aromatic carbocycles. The van der Waals surface area contributed by atoms with Gasteiger partial charge < -0.3 is 4.74 Å². The molecule has 1 aliphatic rings. The van der Waals surface area contributed by atoms with Gasteiger partial charge in [-0.1, -0.05) is 18.3 Å². The Morgan fingerprint density at radius 1 is 1.16 bits per heavy atom. The maximum absolute atomic E-state index is 13.5. The van der Waals surface area contributed by atoms with Gasteiger partial charge >= 0.3 is 0 Å². The lowest BCUT2D eigenvalue weighted by Gasteiger charge is -2.29. The number of aromatic nitrogens is 1. The lowest BCUT2D eigenvalue weighted by atomic mass is 10.1. The number of aryl methyl sites for hydroxylation is 2. The van der Waals surface area contributed by atoms with Gasteiger partial charge in [0.2, 0.25) is 0 Å². The highest BCUT2D eigenvalue weighted by Gasteiger charge is 2.23. The molecule has 0 aliphatic carbocycles. The van der Waals surface area contributed by atoms with Gasteiger partial charge in [0.25, 0.3) is 5.91 Å². The summed E-state index contributed by atoms with van der Waals surface area (Å²) in [5.41, 5.74) is 4.13. The smallest absolute Gasteiger partial charge is 0.260 e. The van der Waals surface area contributed by atoms with E-state index in [0.29, 0.717) is 12.1 Å². The van der Waals surface area contributed by atoms with Gasteiger partial charge in [-0.25, -0.2) is 4.98 Å². The Morgan fingerprint density at radius 3 is 2.58 bits per heavy atom. The molecule has 0 atom stereocenters. The van der Waals surface area contributed by atoms with Crippen LogP contribution in [0.5, 0.6) is 0 Å². The van der Waals surface area contributed by atoms with Crippen molar-refractivity contribution in [2.45, 2.75) is 25.7 Å². The summed E-state index contributed by atoms with van der Waals surface area (Å²) in [7, 11) is 0. The van der Waals surface area contributed by atoms with Crippen molar-refractivity contribution in [2.24, 2.45) is 0 Å². The molecular weight excluding hydrogens is 426 g/mol. The van der Waals surface area contributed by atoms with Crippen LogP contribution in [-0.4, -0.2) is 60.9 Å². The third-order valence-corrected chi connectivity index (χ3v) is 7.56. The normalized spacial score (nSPS) is 14.8. The predicted octanol–water partition coefficient (Wildman–Crippen LogP) is 5.00. The SMILES string of the molecule is CCSc1ccc(C(=O)N(CCN2CCOCC2)c2nc3cc(C)c(C)cc3s2)cc1. The van der Waals surface area contributed by atoms with Gasteiger partial charge in [-0.15, -0.1) is 11.8 Å². The number of thioether (sulfide) groups is 1. The van der Waals surface area contributed by atoms with Crippen molar-refractivity contribution in [1.29, 1.82) is 0 Å². The first kappa shape index (κ1) is 22.3. The average Bonchev–Trinajstić information content (AvgIpc) is 3.17. The minimum atomic E-state index is 0.00816. The molecule has 1 aromatic heterocycles. The standard InChI is InChI=1S/C24H29N3O2S2/c1-4-30-20-7-5-19(6-8-20)23(28)27(10-9-26-11-13-29-14-12-26)24-25-21-15-17(2)18(3)16-22(21)31-24/h5-8,15-16H,4,9-14H2,1-3H3. The van der Waals surface area contributed by atoms with Crippen LogP contribution in [0.3, 0.4) is 0 Å². The van der Waals surface area contributed by atoms with Gasteiger partial charge in [0.15, 0.2) is 5.13 Å². The maximum Gasteiger partial charge on any atom is 0.260 e. The Hall–Kier alpha value is -1.93. The van der Waals surface area contributed by atoms with Crippen LogP contribution in [0.4, 0.5) is 5.13 Å². The second-order valence-electron chi connectivity index (χ2n) is 7.77. The van der Waals surface area contributed by atoms with E-state index in [2.05, 4.69) is 37.8 Å². The molecule has 0 N–H and O–H groups in total. The highest BCUT2D eigenvalue weighted by molar-refractivity contribution is 7.99. The summed E-state index contributed by atoms with van der Waals surface area (Å²) < 4.78 is 6.59. The minimum Gasteiger partial charge on any atom is -0.379 e. The summed E-state index contributed by atoms with van der Waals surface area (Å²) in [6, 6.07) is 12.2. The molecule has 1 fully saturated rings. The fourth-order valence-electron chi connectivity index (χ4n) is 3.65. The Labute approximate surface area is 192 Å². The van der Waals surface area contributed by atoms with Gasteiger partial charge in [0, 0.05) is 36.6 Å². The number of hydrogen-bond donors (Lipinski definition) is 0. The van der Waals surface area contributed by atoms with Crippen LogP contribution in [0.2, 0.25) is 0 Å². The van der Waals surface area contributed by atoms with Crippen molar-refractivity contribution in [3.63, 3.8) is 0 Å². The Balaban J connectivity index is 1.62. The number of anilines is 1. The number of fused-ring (bicyclic) bond motifs is 1. The third kappa shape index (κ3) is 5.29. The molecule has 31 heavy (non-hydrogen) atoms. The number of thiazole rings is 1. The highest BCUT2D eigenvalue weighted by atomic mass is 32.2. The van der Waals surface area contributed by atoms with E-state index in [1.165, 1.54) is 16.0 Å². The molecule has 5 nitrogen and oxygen atoms in total. The van der Waals surface area contributed by atoms with E-state index in [9.17, 15) is 4.79 Å². The highest BCUT2D eigenvalue weighted by Crippen LogP contribution is 2.32. The molecule has 1 aliphatic heterocycles. The summed E-state index contributed by atoms with van der Waals surface area (Å²) in [4.78, 5) is 23.8. The zero-order chi connectivity index (χ0) is 21.8. The number of hydrogen-bond acceptors (Lipinski definition) is 6. The Kier molecular flexibility index (Phi) is 7.27. The Morgan fingerprint density at radius 2 is 1.87 bits per heavy atom. The first-order valence-electron chi connectivity index (χ1n) is 10.8. The first-order valence-corrected chi connectivity index (χ1v) is 12.6. The zero-order valence-electron chi connectivity index (χ0n) is 18.4. The van der Waals surface area contributed by atoms with Gasteiger partial charge in [0.1, 0.15) is 0 Å². The molecule has 0 bridgehead atoms. The molecule has 1 amide bonds. The molecule has 164 valence electrons. The maximum atomic E-state index is 13.5. The largest absolute Gasteiger partial charge is 0.379 e. The van der Waals surface area contributed by atoms with Crippen molar-refractivity contribution in [1.82, 2.24) is 9.88 Å². The van der Waals surface area contributed by atoms with Crippen LogP contribution >= 0.6 is 23.1 Å². The summed E-state index contributed by atoms with van der Waals surface area (Å²) in [6.45, 7) is 11.1. The zero-order valence-corrected chi connectivity index (χ0v) is 20.0. The van der Waals surface area contributed by atoms with Crippen LogP contribution in [0, 0.1) is 13.8 Å². The molecule has 7 heteroatoms. The average molecular weight is 456 g/mol. The van der Waals surface area contributed by atoms with E-state index in [4.69, 9.17) is 9.72 Å². The van der Waals surface area contributed by atoms with Crippen LogP contribution < -0.4 is 4.90 Å². The summed E-state index contributed by atoms with van der Waals surface area (Å²) >= 11 is 3.38. The Bertz CT molecular complexity index is 1000. The quantitative estimate of drug-likeness (QED) is 0.469. The fraction of sp³-hybridized carbons (Fsp3) is 0.417. The molecule has 0 saturated carbocycles. The number of carbonyl (C=O) groups is 1. The first-order chi connectivity index (χ1) is 15.0. The van der Waals surface area contributed by atoms with Crippen LogP contribution in [0.25, 0.3) is 10.2 Å². The van der Waals surface area contributed by atoms with Gasteiger partial charge in [-0.3, -0.25) is 14.6 Å². The van der Waals surface area contributed by atoms with E-state index in [1.54, 1.807) is 23.1 Å². The second-order valence-corrected chi connectivity index (χ2v) is 10.1. The van der Waals surface area contributed by atoms with Crippen LogP contribution in [-0.2, 0) is 4.74 Å². The van der Waals surface area contributed by atoms with Crippen LogP contribution in [0.15, 0.2) is 41.3 Å². The topological polar surface area (TPSA) is 45.7 Å². The van der Waals surface area contributed by atoms with Gasteiger partial charge in [0.05, 0.1) is 23.4 Å². The number of rotatable bonds is 7. The summed E-state index contributed by atoms with van der Waals surface area (Å²) in [5.74, 6) is 1.03. The van der Waals surface area contributed by atoms with Crippen molar-refractivity contribution < 1.29 is 9.53 Å². The number of amides is 1. The van der Waals surface area contributed by atoms with E-state index in [-0.39, 0.29) is 5.91 Å². The minimum absolute atomic E-state index is 0.00816. The van der Waals surface area contributed by atoms with E-state index in [0.717, 1.165) is 53.9 Å². The van der Waals surface area contributed by atoms with Gasteiger partial charge in [-0.05, 0) is 67.1 Å². The van der Waals surface area contributed by atoms with E-state index in [1.807, 2.05) is 29.2 Å².